The summed E-state index contributed by atoms with van der Waals surface area (Å²) < 4.78 is 10.7. The van der Waals surface area contributed by atoms with Gasteiger partial charge in [-0.2, -0.15) is 0 Å². The molecule has 0 unspecified atom stereocenters. The van der Waals surface area contributed by atoms with Gasteiger partial charge in [0.2, 0.25) is 11.8 Å². The number of likely N-dealkylation sites (tertiary alicyclic amines) is 1. The van der Waals surface area contributed by atoms with Crippen LogP contribution < -0.4 is 5.32 Å². The second-order valence-electron chi connectivity index (χ2n) is 6.82. The van der Waals surface area contributed by atoms with Gasteiger partial charge in [-0.05, 0) is 19.3 Å². The van der Waals surface area contributed by atoms with Gasteiger partial charge in [-0.15, -0.1) is 0 Å². The fraction of sp³-hybridized carbons (Fsp3) is 0.875. The van der Waals surface area contributed by atoms with E-state index in [0.717, 1.165) is 6.42 Å². The summed E-state index contributed by atoms with van der Waals surface area (Å²) in [6.07, 6.45) is 1.55. The molecule has 0 aromatic rings. The minimum Gasteiger partial charge on any atom is -0.393 e. The van der Waals surface area contributed by atoms with Gasteiger partial charge in [0.25, 0.3) is 0 Å². The summed E-state index contributed by atoms with van der Waals surface area (Å²) in [5, 5.41) is 12.3. The van der Waals surface area contributed by atoms with Crippen molar-refractivity contribution in [3.63, 3.8) is 0 Å². The summed E-state index contributed by atoms with van der Waals surface area (Å²) >= 11 is 0. The Morgan fingerprint density at radius 2 is 2.13 bits per heavy atom. The van der Waals surface area contributed by atoms with Crippen LogP contribution in [0.4, 0.5) is 0 Å². The van der Waals surface area contributed by atoms with Gasteiger partial charge in [-0.1, -0.05) is 0 Å². The van der Waals surface area contributed by atoms with E-state index in [-0.39, 0.29) is 41.8 Å². The van der Waals surface area contributed by atoms with E-state index < -0.39 is 0 Å². The van der Waals surface area contributed by atoms with E-state index in [0.29, 0.717) is 45.7 Å². The summed E-state index contributed by atoms with van der Waals surface area (Å²) in [6, 6.07) is 0. The van der Waals surface area contributed by atoms with Crippen molar-refractivity contribution in [2.24, 2.45) is 17.8 Å². The quantitative estimate of drug-likeness (QED) is 0.658. The standard InChI is InChI=1S/C16H26N2O5/c1-22-5-3-17-15(20)13-8-18(9-14-12(13)2-4-23-14)16(21)10-6-11(19)7-10/h10-14,19H,2-9H2,1H3,(H,17,20)/t10?,11?,12-,13+,14+/m0/s1. The van der Waals surface area contributed by atoms with E-state index in [1.165, 1.54) is 0 Å². The summed E-state index contributed by atoms with van der Waals surface area (Å²) in [5.74, 6) is -0.0941. The maximum atomic E-state index is 12.6. The number of ether oxygens (including phenoxy) is 2. The minimum absolute atomic E-state index is 0.0197. The third-order valence-electron chi connectivity index (χ3n) is 5.31. The average Bonchev–Trinajstić information content (AvgIpc) is 2.98. The Morgan fingerprint density at radius 1 is 1.35 bits per heavy atom. The topological polar surface area (TPSA) is 88.1 Å². The molecular formula is C16H26N2O5. The Balaban J connectivity index is 1.62. The van der Waals surface area contributed by atoms with Crippen LogP contribution >= 0.6 is 0 Å². The SMILES string of the molecule is COCCNC(=O)[C@@H]1CN(C(=O)C2CC(O)C2)C[C@H]2OCC[C@H]21. The number of nitrogens with one attached hydrogen (secondary N) is 1. The smallest absolute Gasteiger partial charge is 0.225 e. The Hall–Kier alpha value is -1.18. The van der Waals surface area contributed by atoms with E-state index in [4.69, 9.17) is 9.47 Å². The molecule has 1 aliphatic carbocycles. The maximum absolute atomic E-state index is 12.6. The third kappa shape index (κ3) is 3.51. The second kappa shape index (κ2) is 7.15. The molecule has 3 fully saturated rings. The molecule has 3 atom stereocenters. The molecule has 3 rings (SSSR count). The highest BCUT2D eigenvalue weighted by Crippen LogP contribution is 2.36. The van der Waals surface area contributed by atoms with E-state index in [2.05, 4.69) is 5.32 Å². The number of aliphatic hydroxyl groups excluding tert-OH is 1. The monoisotopic (exact) mass is 326 g/mol. The number of carbonyl (C=O) groups is 2. The Labute approximate surface area is 136 Å². The van der Waals surface area contributed by atoms with Crippen LogP contribution in [0, 0.1) is 17.8 Å². The van der Waals surface area contributed by atoms with Crippen LogP contribution in [-0.2, 0) is 19.1 Å². The molecule has 7 nitrogen and oxygen atoms in total. The summed E-state index contributed by atoms with van der Waals surface area (Å²) in [6.45, 7) is 2.63. The molecule has 2 saturated heterocycles. The first kappa shape index (κ1) is 16.7. The van der Waals surface area contributed by atoms with Gasteiger partial charge in [0.15, 0.2) is 0 Å². The van der Waals surface area contributed by atoms with Crippen LogP contribution in [-0.4, -0.2) is 74.0 Å². The largest absolute Gasteiger partial charge is 0.393 e. The maximum Gasteiger partial charge on any atom is 0.225 e. The molecule has 7 heteroatoms. The molecular weight excluding hydrogens is 300 g/mol. The molecule has 2 amide bonds. The van der Waals surface area contributed by atoms with Gasteiger partial charge in [0, 0.05) is 45.2 Å². The molecule has 1 saturated carbocycles. The molecule has 2 heterocycles. The zero-order chi connectivity index (χ0) is 16.4. The second-order valence-corrected chi connectivity index (χ2v) is 6.82. The van der Waals surface area contributed by atoms with Gasteiger partial charge >= 0.3 is 0 Å². The van der Waals surface area contributed by atoms with Crippen molar-refractivity contribution in [1.82, 2.24) is 10.2 Å². The zero-order valence-electron chi connectivity index (χ0n) is 13.6. The summed E-state index contributed by atoms with van der Waals surface area (Å²) in [4.78, 5) is 26.8. The molecule has 2 N–H and O–H groups in total. The highest BCUT2D eigenvalue weighted by molar-refractivity contribution is 5.83. The number of fused-ring (bicyclic) bond motifs is 1. The van der Waals surface area contributed by atoms with Crippen molar-refractivity contribution in [2.75, 3.05) is 40.0 Å². The van der Waals surface area contributed by atoms with E-state index in [1.54, 1.807) is 12.0 Å². The van der Waals surface area contributed by atoms with Crippen molar-refractivity contribution in [2.45, 2.75) is 31.5 Å². The molecule has 0 bridgehead atoms. The molecule has 0 radical (unpaired) electrons. The van der Waals surface area contributed by atoms with Crippen LogP contribution in [0.3, 0.4) is 0 Å². The van der Waals surface area contributed by atoms with Gasteiger partial charge in [0.05, 0.1) is 24.7 Å². The van der Waals surface area contributed by atoms with Gasteiger partial charge in [-0.25, -0.2) is 0 Å². The van der Waals surface area contributed by atoms with Crippen LogP contribution in [0.25, 0.3) is 0 Å². The lowest BCUT2D eigenvalue weighted by Crippen LogP contribution is -2.56. The van der Waals surface area contributed by atoms with Crippen molar-refractivity contribution < 1.29 is 24.2 Å². The number of aliphatic hydroxyl groups is 1. The Kier molecular flexibility index (Phi) is 5.18. The number of methoxy groups -OCH3 is 1. The summed E-state index contributed by atoms with van der Waals surface area (Å²) in [5.41, 5.74) is 0. The number of rotatable bonds is 5. The predicted octanol–water partition coefficient (Wildman–Crippen LogP) is -0.617. The van der Waals surface area contributed by atoms with E-state index in [1.807, 2.05) is 0 Å². The van der Waals surface area contributed by atoms with E-state index in [9.17, 15) is 14.7 Å². The van der Waals surface area contributed by atoms with Gasteiger partial charge in [-0.3, -0.25) is 9.59 Å². The molecule has 23 heavy (non-hydrogen) atoms. The fourth-order valence-electron chi connectivity index (χ4n) is 3.89. The average molecular weight is 326 g/mol. The number of hydrogen-bond acceptors (Lipinski definition) is 5. The molecule has 0 aromatic heterocycles. The number of carbonyl (C=O) groups excluding carboxylic acids is 2. The number of hydrogen-bond donors (Lipinski definition) is 2. The van der Waals surface area contributed by atoms with Crippen molar-refractivity contribution in [3.05, 3.63) is 0 Å². The molecule has 2 aliphatic heterocycles. The van der Waals surface area contributed by atoms with E-state index >= 15 is 0 Å². The highest BCUT2D eigenvalue weighted by Gasteiger charge is 2.47. The molecule has 0 aromatic carbocycles. The first-order chi connectivity index (χ1) is 11.1. The lowest BCUT2D eigenvalue weighted by atomic mass is 9.78. The van der Waals surface area contributed by atoms with Crippen LogP contribution in [0.5, 0.6) is 0 Å². The van der Waals surface area contributed by atoms with Crippen LogP contribution in [0.15, 0.2) is 0 Å². The molecule has 130 valence electrons. The number of piperidine rings is 1. The Morgan fingerprint density at radius 3 is 2.83 bits per heavy atom. The van der Waals surface area contributed by atoms with Crippen molar-refractivity contribution in [3.8, 4) is 0 Å². The highest BCUT2D eigenvalue weighted by atomic mass is 16.5. The normalized spacial score (nSPS) is 36.3. The lowest BCUT2D eigenvalue weighted by molar-refractivity contribution is -0.150. The fourth-order valence-corrected chi connectivity index (χ4v) is 3.89. The minimum atomic E-state index is -0.350. The van der Waals surface area contributed by atoms with Gasteiger partial charge in [0.1, 0.15) is 0 Å². The lowest BCUT2D eigenvalue weighted by Gasteiger charge is -2.42. The predicted molar refractivity (Wildman–Crippen MR) is 81.5 cm³/mol. The number of nitrogens with zero attached hydrogens (tertiary/aromatic N) is 1. The van der Waals surface area contributed by atoms with Crippen molar-refractivity contribution >= 4 is 11.8 Å². The van der Waals surface area contributed by atoms with Crippen molar-refractivity contribution in [1.29, 1.82) is 0 Å². The third-order valence-corrected chi connectivity index (χ3v) is 5.31. The summed E-state index contributed by atoms with van der Waals surface area (Å²) in [7, 11) is 1.60. The first-order valence-electron chi connectivity index (χ1n) is 8.45. The van der Waals surface area contributed by atoms with Crippen LogP contribution in [0.1, 0.15) is 19.3 Å². The molecule has 0 spiro atoms. The first-order valence-corrected chi connectivity index (χ1v) is 8.45. The zero-order valence-corrected chi connectivity index (χ0v) is 13.6. The Bertz CT molecular complexity index is 452. The van der Waals surface area contributed by atoms with Gasteiger partial charge < -0.3 is 24.8 Å². The number of amides is 2. The van der Waals surface area contributed by atoms with Crippen LogP contribution in [0.2, 0.25) is 0 Å². The molecule has 3 aliphatic rings.